The standard InChI is InChI=1S/C14H18N2O2S/c1-9(11(17)8-13(18)15-2)7-14-16-10-5-3-4-6-12(10)19-14/h3-6,9,11,17H,7-8H2,1-2H3,(H,15,18)/t9-,11+/m1/s1. The van der Waals surface area contributed by atoms with Crippen LogP contribution >= 0.6 is 11.3 Å². The summed E-state index contributed by atoms with van der Waals surface area (Å²) < 4.78 is 1.16. The zero-order chi connectivity index (χ0) is 13.8. The van der Waals surface area contributed by atoms with Crippen molar-refractivity contribution in [1.82, 2.24) is 10.3 Å². The van der Waals surface area contributed by atoms with Gasteiger partial charge in [0.05, 0.1) is 27.7 Å². The number of aliphatic hydroxyl groups excluding tert-OH is 1. The number of benzene rings is 1. The second-order valence-corrected chi connectivity index (χ2v) is 5.82. The summed E-state index contributed by atoms with van der Waals surface area (Å²) in [5, 5.41) is 13.5. The number of fused-ring (bicyclic) bond motifs is 1. The Hall–Kier alpha value is -1.46. The molecule has 0 aliphatic heterocycles. The van der Waals surface area contributed by atoms with Gasteiger partial charge in [-0.05, 0) is 18.1 Å². The summed E-state index contributed by atoms with van der Waals surface area (Å²) in [6.45, 7) is 1.94. The molecule has 1 amide bonds. The Kier molecular flexibility index (Phi) is 4.50. The van der Waals surface area contributed by atoms with Gasteiger partial charge in [-0.2, -0.15) is 0 Å². The Morgan fingerprint density at radius 3 is 2.89 bits per heavy atom. The maximum atomic E-state index is 11.2. The highest BCUT2D eigenvalue weighted by atomic mass is 32.1. The molecule has 2 atom stereocenters. The van der Waals surface area contributed by atoms with Crippen LogP contribution in [-0.4, -0.2) is 29.1 Å². The molecule has 1 aromatic heterocycles. The second kappa shape index (κ2) is 6.12. The number of nitrogens with zero attached hydrogens (tertiary/aromatic N) is 1. The fourth-order valence-electron chi connectivity index (χ4n) is 1.91. The predicted molar refractivity (Wildman–Crippen MR) is 77.2 cm³/mol. The van der Waals surface area contributed by atoms with Crippen molar-refractivity contribution in [2.24, 2.45) is 5.92 Å². The van der Waals surface area contributed by atoms with E-state index < -0.39 is 6.10 Å². The van der Waals surface area contributed by atoms with E-state index in [-0.39, 0.29) is 18.2 Å². The maximum absolute atomic E-state index is 11.2. The van der Waals surface area contributed by atoms with Crippen molar-refractivity contribution in [3.05, 3.63) is 29.3 Å². The number of nitrogens with one attached hydrogen (secondary N) is 1. The number of hydrogen-bond donors (Lipinski definition) is 2. The minimum absolute atomic E-state index is 0.0119. The summed E-state index contributed by atoms with van der Waals surface area (Å²) in [4.78, 5) is 15.8. The van der Waals surface area contributed by atoms with E-state index in [4.69, 9.17) is 0 Å². The third-order valence-corrected chi connectivity index (χ3v) is 4.22. The van der Waals surface area contributed by atoms with Crippen LogP contribution in [0.3, 0.4) is 0 Å². The summed E-state index contributed by atoms with van der Waals surface area (Å²) in [6.07, 6.45) is 0.201. The van der Waals surface area contributed by atoms with E-state index in [1.165, 1.54) is 0 Å². The molecule has 0 spiro atoms. The molecular formula is C14H18N2O2S. The van der Waals surface area contributed by atoms with Crippen LogP contribution in [0.15, 0.2) is 24.3 Å². The van der Waals surface area contributed by atoms with Gasteiger partial charge >= 0.3 is 0 Å². The molecule has 19 heavy (non-hydrogen) atoms. The van der Waals surface area contributed by atoms with Gasteiger partial charge in [0.25, 0.3) is 0 Å². The lowest BCUT2D eigenvalue weighted by molar-refractivity contribution is -0.123. The second-order valence-electron chi connectivity index (χ2n) is 4.70. The van der Waals surface area contributed by atoms with Gasteiger partial charge in [0.2, 0.25) is 5.91 Å². The fourth-order valence-corrected chi connectivity index (χ4v) is 3.02. The largest absolute Gasteiger partial charge is 0.392 e. The smallest absolute Gasteiger partial charge is 0.222 e. The first-order valence-corrected chi connectivity index (χ1v) is 7.15. The normalized spacial score (nSPS) is 14.3. The van der Waals surface area contributed by atoms with Gasteiger partial charge in [0, 0.05) is 13.5 Å². The maximum Gasteiger partial charge on any atom is 0.222 e. The van der Waals surface area contributed by atoms with Gasteiger partial charge in [-0.3, -0.25) is 4.79 Å². The van der Waals surface area contributed by atoms with E-state index >= 15 is 0 Å². The molecule has 0 fully saturated rings. The summed E-state index contributed by atoms with van der Waals surface area (Å²) in [5.41, 5.74) is 0.996. The molecule has 0 aliphatic rings. The minimum atomic E-state index is -0.632. The summed E-state index contributed by atoms with van der Waals surface area (Å²) in [6, 6.07) is 7.99. The van der Waals surface area contributed by atoms with Crippen molar-refractivity contribution in [2.75, 3.05) is 7.05 Å². The number of thiazole rings is 1. The molecule has 5 heteroatoms. The van der Waals surface area contributed by atoms with Crippen molar-refractivity contribution >= 4 is 27.5 Å². The van der Waals surface area contributed by atoms with Crippen LogP contribution in [0.5, 0.6) is 0 Å². The average Bonchev–Trinajstić information content (AvgIpc) is 2.80. The Balaban J connectivity index is 2.01. The topological polar surface area (TPSA) is 62.2 Å². The molecule has 0 saturated heterocycles. The Bertz CT molecular complexity index is 534. The zero-order valence-corrected chi connectivity index (χ0v) is 11.9. The monoisotopic (exact) mass is 278 g/mol. The number of hydrogen-bond acceptors (Lipinski definition) is 4. The lowest BCUT2D eigenvalue weighted by Gasteiger charge is -2.16. The molecule has 0 saturated carbocycles. The van der Waals surface area contributed by atoms with Gasteiger partial charge < -0.3 is 10.4 Å². The third kappa shape index (κ3) is 3.52. The SMILES string of the molecule is CNC(=O)C[C@H](O)[C@H](C)Cc1nc2ccccc2s1. The molecule has 0 bridgehead atoms. The lowest BCUT2D eigenvalue weighted by atomic mass is 9.98. The lowest BCUT2D eigenvalue weighted by Crippen LogP contribution is -2.28. The Labute approximate surface area is 116 Å². The number of para-hydroxylation sites is 1. The number of carbonyl (C=O) groups is 1. The number of rotatable bonds is 5. The Morgan fingerprint density at radius 1 is 1.47 bits per heavy atom. The average molecular weight is 278 g/mol. The third-order valence-electron chi connectivity index (χ3n) is 3.16. The zero-order valence-electron chi connectivity index (χ0n) is 11.1. The van der Waals surface area contributed by atoms with Crippen LogP contribution in [0, 0.1) is 5.92 Å². The van der Waals surface area contributed by atoms with Gasteiger partial charge in [-0.15, -0.1) is 11.3 Å². The fraction of sp³-hybridized carbons (Fsp3) is 0.429. The quantitative estimate of drug-likeness (QED) is 0.879. The van der Waals surface area contributed by atoms with E-state index in [0.717, 1.165) is 15.2 Å². The van der Waals surface area contributed by atoms with E-state index in [1.807, 2.05) is 31.2 Å². The van der Waals surface area contributed by atoms with Crippen molar-refractivity contribution in [1.29, 1.82) is 0 Å². The van der Waals surface area contributed by atoms with Gasteiger partial charge in [0.15, 0.2) is 0 Å². The number of carbonyl (C=O) groups excluding carboxylic acids is 1. The van der Waals surface area contributed by atoms with Gasteiger partial charge in [-0.25, -0.2) is 4.98 Å². The first kappa shape index (κ1) is 14.0. The molecule has 2 N–H and O–H groups in total. The molecule has 0 aliphatic carbocycles. The predicted octanol–water partition coefficient (Wildman–Crippen LogP) is 1.97. The van der Waals surface area contributed by atoms with Crippen molar-refractivity contribution in [3.8, 4) is 0 Å². The number of amides is 1. The summed E-state index contributed by atoms with van der Waals surface area (Å²) >= 11 is 1.64. The molecule has 2 rings (SSSR count). The van der Waals surface area contributed by atoms with E-state index in [2.05, 4.69) is 10.3 Å². The van der Waals surface area contributed by atoms with Crippen molar-refractivity contribution < 1.29 is 9.90 Å². The first-order chi connectivity index (χ1) is 9.10. The first-order valence-electron chi connectivity index (χ1n) is 6.33. The highest BCUT2D eigenvalue weighted by Crippen LogP contribution is 2.24. The Morgan fingerprint density at radius 2 is 2.21 bits per heavy atom. The van der Waals surface area contributed by atoms with Crippen LogP contribution in [0.4, 0.5) is 0 Å². The number of aliphatic hydroxyl groups is 1. The number of aromatic nitrogens is 1. The highest BCUT2D eigenvalue weighted by molar-refractivity contribution is 7.18. The minimum Gasteiger partial charge on any atom is -0.392 e. The molecule has 102 valence electrons. The van der Waals surface area contributed by atoms with Crippen molar-refractivity contribution in [2.45, 2.75) is 25.9 Å². The van der Waals surface area contributed by atoms with Crippen LogP contribution in [0.25, 0.3) is 10.2 Å². The summed E-state index contributed by atoms with van der Waals surface area (Å²) in [5.74, 6) is -0.124. The highest BCUT2D eigenvalue weighted by Gasteiger charge is 2.19. The van der Waals surface area contributed by atoms with Crippen molar-refractivity contribution in [3.63, 3.8) is 0 Å². The van der Waals surface area contributed by atoms with Crippen LogP contribution < -0.4 is 5.32 Å². The van der Waals surface area contributed by atoms with Crippen LogP contribution in [0.1, 0.15) is 18.4 Å². The molecule has 0 radical (unpaired) electrons. The van der Waals surface area contributed by atoms with Crippen LogP contribution in [-0.2, 0) is 11.2 Å². The molecule has 1 aromatic carbocycles. The molecule has 4 nitrogen and oxygen atoms in total. The molecule has 2 aromatic rings. The molecule has 1 heterocycles. The summed E-state index contributed by atoms with van der Waals surface area (Å²) in [7, 11) is 1.58. The van der Waals surface area contributed by atoms with E-state index in [0.29, 0.717) is 6.42 Å². The van der Waals surface area contributed by atoms with Gasteiger partial charge in [0.1, 0.15) is 0 Å². The van der Waals surface area contributed by atoms with Gasteiger partial charge in [-0.1, -0.05) is 19.1 Å². The van der Waals surface area contributed by atoms with E-state index in [9.17, 15) is 9.90 Å². The van der Waals surface area contributed by atoms with Crippen LogP contribution in [0.2, 0.25) is 0 Å². The van der Waals surface area contributed by atoms with E-state index in [1.54, 1.807) is 18.4 Å². The molecule has 0 unspecified atom stereocenters. The molecular weight excluding hydrogens is 260 g/mol.